The van der Waals surface area contributed by atoms with Gasteiger partial charge in [-0.3, -0.25) is 4.68 Å². The molecule has 23 heavy (non-hydrogen) atoms. The molecule has 1 fully saturated rings. The second kappa shape index (κ2) is 7.00. The van der Waals surface area contributed by atoms with E-state index in [0.29, 0.717) is 12.5 Å². The number of hydrogen-bond acceptors (Lipinski definition) is 5. The topological polar surface area (TPSA) is 66.2 Å². The van der Waals surface area contributed by atoms with Gasteiger partial charge in [0.1, 0.15) is 5.82 Å². The van der Waals surface area contributed by atoms with Crippen molar-refractivity contribution in [3.63, 3.8) is 0 Å². The summed E-state index contributed by atoms with van der Waals surface area (Å²) in [5, 5.41) is 16.8. The first-order valence-electron chi connectivity index (χ1n) is 8.20. The molecule has 124 valence electrons. The Labute approximate surface area is 137 Å². The van der Waals surface area contributed by atoms with Crippen LogP contribution in [-0.4, -0.2) is 39.6 Å². The third-order valence-corrected chi connectivity index (χ3v) is 4.78. The minimum atomic E-state index is 0.308. The van der Waals surface area contributed by atoms with E-state index in [0.717, 1.165) is 44.0 Å². The molecule has 0 unspecified atom stereocenters. The quantitative estimate of drug-likeness (QED) is 0.883. The molecular formula is C17H25N5O. The van der Waals surface area contributed by atoms with E-state index >= 15 is 0 Å². The fraction of sp³-hybridized carbons (Fsp3) is 0.529. The minimum absolute atomic E-state index is 0.308. The molecule has 0 amide bonds. The van der Waals surface area contributed by atoms with Crippen molar-refractivity contribution in [3.8, 4) is 0 Å². The van der Waals surface area contributed by atoms with E-state index in [1.807, 2.05) is 30.2 Å². The van der Waals surface area contributed by atoms with E-state index < -0.39 is 0 Å². The Kier molecular flexibility index (Phi) is 4.81. The van der Waals surface area contributed by atoms with Gasteiger partial charge in [0.15, 0.2) is 0 Å². The van der Waals surface area contributed by atoms with Crippen molar-refractivity contribution in [1.29, 1.82) is 0 Å². The number of hydrogen-bond donors (Lipinski definition) is 2. The number of aliphatic hydroxyl groups is 1. The Morgan fingerprint density at radius 2 is 2.04 bits per heavy atom. The molecule has 1 saturated heterocycles. The fourth-order valence-electron chi connectivity index (χ4n) is 2.95. The van der Waals surface area contributed by atoms with Crippen molar-refractivity contribution in [2.75, 3.05) is 29.9 Å². The minimum Gasteiger partial charge on any atom is -0.396 e. The van der Waals surface area contributed by atoms with Gasteiger partial charge in [-0.15, -0.1) is 0 Å². The molecule has 3 rings (SSSR count). The molecule has 6 nitrogen and oxygen atoms in total. The molecule has 2 aromatic heterocycles. The summed E-state index contributed by atoms with van der Waals surface area (Å²) in [7, 11) is 1.95. The number of rotatable bonds is 5. The Morgan fingerprint density at radius 1 is 1.26 bits per heavy atom. The molecule has 0 spiro atoms. The fourth-order valence-corrected chi connectivity index (χ4v) is 2.95. The van der Waals surface area contributed by atoms with Crippen molar-refractivity contribution in [2.45, 2.75) is 26.3 Å². The van der Waals surface area contributed by atoms with Gasteiger partial charge in [-0.2, -0.15) is 5.10 Å². The van der Waals surface area contributed by atoms with Crippen LogP contribution in [0.4, 0.5) is 11.5 Å². The number of aliphatic hydroxyl groups excluding tert-OH is 1. The molecule has 0 radical (unpaired) electrons. The van der Waals surface area contributed by atoms with E-state index in [4.69, 9.17) is 0 Å². The highest BCUT2D eigenvalue weighted by molar-refractivity contribution is 5.50. The van der Waals surface area contributed by atoms with Crippen LogP contribution in [0.3, 0.4) is 0 Å². The van der Waals surface area contributed by atoms with Crippen molar-refractivity contribution in [2.24, 2.45) is 13.0 Å². The molecule has 3 heterocycles. The Hall–Kier alpha value is -2.08. The van der Waals surface area contributed by atoms with Crippen LogP contribution in [0.2, 0.25) is 0 Å². The Balaban J connectivity index is 1.56. The maximum atomic E-state index is 9.21. The Morgan fingerprint density at radius 3 is 2.61 bits per heavy atom. The number of nitrogens with one attached hydrogen (secondary N) is 1. The molecule has 6 heteroatoms. The van der Waals surface area contributed by atoms with Crippen molar-refractivity contribution < 1.29 is 5.11 Å². The average Bonchev–Trinajstić information content (AvgIpc) is 2.92. The van der Waals surface area contributed by atoms with E-state index in [2.05, 4.69) is 33.3 Å². The molecule has 1 aliphatic rings. The second-order valence-electron chi connectivity index (χ2n) is 6.25. The van der Waals surface area contributed by atoms with Gasteiger partial charge in [-0.05, 0) is 37.8 Å². The van der Waals surface area contributed by atoms with Crippen LogP contribution >= 0.6 is 0 Å². The maximum absolute atomic E-state index is 9.21. The van der Waals surface area contributed by atoms with Gasteiger partial charge in [-0.1, -0.05) is 0 Å². The highest BCUT2D eigenvalue weighted by atomic mass is 16.3. The lowest BCUT2D eigenvalue weighted by molar-refractivity contribution is 0.203. The highest BCUT2D eigenvalue weighted by Crippen LogP contribution is 2.23. The lowest BCUT2D eigenvalue weighted by Gasteiger charge is -2.32. The molecular weight excluding hydrogens is 290 g/mol. The Bertz CT molecular complexity index is 629. The van der Waals surface area contributed by atoms with Crippen molar-refractivity contribution in [1.82, 2.24) is 14.8 Å². The van der Waals surface area contributed by atoms with Crippen LogP contribution in [0.25, 0.3) is 0 Å². The van der Waals surface area contributed by atoms with E-state index in [1.54, 1.807) is 0 Å². The van der Waals surface area contributed by atoms with Crippen LogP contribution in [0.15, 0.2) is 24.5 Å². The normalized spacial score (nSPS) is 15.9. The second-order valence-corrected chi connectivity index (χ2v) is 6.25. The molecule has 1 aliphatic heterocycles. The van der Waals surface area contributed by atoms with Gasteiger partial charge >= 0.3 is 0 Å². The van der Waals surface area contributed by atoms with Crippen molar-refractivity contribution >= 4 is 11.5 Å². The molecule has 2 N–H and O–H groups in total. The third kappa shape index (κ3) is 3.64. The molecule has 2 aromatic rings. The van der Waals surface area contributed by atoms with E-state index in [-0.39, 0.29) is 0 Å². The highest BCUT2D eigenvalue weighted by Gasteiger charge is 2.18. The zero-order chi connectivity index (χ0) is 16.2. The first kappa shape index (κ1) is 15.8. The summed E-state index contributed by atoms with van der Waals surface area (Å²) in [6.07, 6.45) is 5.92. The first-order valence-corrected chi connectivity index (χ1v) is 8.20. The van der Waals surface area contributed by atoms with Crippen LogP contribution in [0, 0.1) is 12.8 Å². The van der Waals surface area contributed by atoms with E-state index in [9.17, 15) is 5.11 Å². The van der Waals surface area contributed by atoms with Gasteiger partial charge in [0.25, 0.3) is 0 Å². The predicted molar refractivity (Wildman–Crippen MR) is 91.5 cm³/mol. The summed E-state index contributed by atoms with van der Waals surface area (Å²) < 4.78 is 1.88. The van der Waals surface area contributed by atoms with E-state index in [1.165, 1.54) is 11.3 Å². The predicted octanol–water partition coefficient (Wildman–Crippen LogP) is 1.94. The number of pyridine rings is 1. The number of anilines is 2. The zero-order valence-electron chi connectivity index (χ0n) is 13.9. The first-order chi connectivity index (χ1) is 11.2. The SMILES string of the molecule is Cc1c(CNc2ccc(N3CCC(CO)CC3)cn2)cnn1C. The molecule has 0 aliphatic carbocycles. The van der Waals surface area contributed by atoms with Crippen LogP contribution < -0.4 is 10.2 Å². The summed E-state index contributed by atoms with van der Waals surface area (Å²) in [5.74, 6) is 1.34. The largest absolute Gasteiger partial charge is 0.396 e. The van der Waals surface area contributed by atoms with Crippen molar-refractivity contribution in [3.05, 3.63) is 35.8 Å². The number of aromatic nitrogens is 3. The lowest BCUT2D eigenvalue weighted by Crippen LogP contribution is -2.34. The standard InChI is InChI=1S/C17H25N5O/c1-13-15(10-20-21(13)2)9-18-17-4-3-16(11-19-17)22-7-5-14(12-23)6-8-22/h3-4,10-11,14,23H,5-9,12H2,1-2H3,(H,18,19). The molecule has 0 bridgehead atoms. The molecule has 0 aromatic carbocycles. The van der Waals surface area contributed by atoms with Gasteiger partial charge in [-0.25, -0.2) is 4.98 Å². The summed E-state index contributed by atoms with van der Waals surface area (Å²) >= 11 is 0. The van der Waals surface area contributed by atoms with Gasteiger partial charge < -0.3 is 15.3 Å². The number of nitrogens with zero attached hydrogens (tertiary/aromatic N) is 4. The number of aryl methyl sites for hydroxylation is 1. The van der Waals surface area contributed by atoms with Gasteiger partial charge in [0.2, 0.25) is 0 Å². The smallest absolute Gasteiger partial charge is 0.126 e. The molecule has 0 atom stereocenters. The van der Waals surface area contributed by atoms with Crippen LogP contribution in [-0.2, 0) is 13.6 Å². The average molecular weight is 315 g/mol. The summed E-state index contributed by atoms with van der Waals surface area (Å²) in [5.41, 5.74) is 3.51. The summed E-state index contributed by atoms with van der Waals surface area (Å²) in [6.45, 7) is 5.09. The summed E-state index contributed by atoms with van der Waals surface area (Å²) in [4.78, 5) is 6.86. The van der Waals surface area contributed by atoms with Crippen LogP contribution in [0.5, 0.6) is 0 Å². The molecule has 0 saturated carbocycles. The maximum Gasteiger partial charge on any atom is 0.126 e. The number of piperidine rings is 1. The third-order valence-electron chi connectivity index (χ3n) is 4.78. The lowest BCUT2D eigenvalue weighted by atomic mass is 9.98. The van der Waals surface area contributed by atoms with Crippen LogP contribution in [0.1, 0.15) is 24.1 Å². The van der Waals surface area contributed by atoms with Gasteiger partial charge in [0, 0.05) is 44.5 Å². The van der Waals surface area contributed by atoms with Gasteiger partial charge in [0.05, 0.1) is 18.1 Å². The zero-order valence-corrected chi connectivity index (χ0v) is 13.9. The monoisotopic (exact) mass is 315 g/mol. The summed E-state index contributed by atoms with van der Waals surface area (Å²) in [6, 6.07) is 4.14.